The molecule has 1 aromatic heterocycles. The molecule has 8 nitrogen and oxygen atoms in total. The third-order valence-corrected chi connectivity index (χ3v) is 5.79. The minimum atomic E-state index is -1.52. The van der Waals surface area contributed by atoms with Crippen molar-refractivity contribution in [3.05, 3.63) is 94.8 Å². The highest BCUT2D eigenvalue weighted by molar-refractivity contribution is 6.30. The summed E-state index contributed by atoms with van der Waals surface area (Å²) >= 11 is 6.01. The van der Waals surface area contributed by atoms with Crippen LogP contribution in [0.1, 0.15) is 23.1 Å². The summed E-state index contributed by atoms with van der Waals surface area (Å²) in [5.41, 5.74) is 5.04. The first-order valence-corrected chi connectivity index (χ1v) is 10.6. The highest BCUT2D eigenvalue weighted by Crippen LogP contribution is 2.39. The monoisotopic (exact) mass is 464 g/mol. The molecular formula is C24H21ClN4O4. The first-order valence-electron chi connectivity index (χ1n) is 10.2. The number of benzene rings is 2. The molecule has 0 fully saturated rings. The molecule has 9 heteroatoms. The van der Waals surface area contributed by atoms with Crippen molar-refractivity contribution < 1.29 is 19.8 Å². The van der Waals surface area contributed by atoms with Crippen molar-refractivity contribution in [2.75, 3.05) is 5.32 Å². The van der Waals surface area contributed by atoms with E-state index >= 15 is 0 Å². The third-order valence-electron chi connectivity index (χ3n) is 5.54. The first kappa shape index (κ1) is 22.3. The summed E-state index contributed by atoms with van der Waals surface area (Å²) in [6, 6.07) is 17.7. The number of halogens is 1. The lowest BCUT2D eigenvalue weighted by Crippen LogP contribution is -2.58. The van der Waals surface area contributed by atoms with Crippen molar-refractivity contribution in [2.24, 2.45) is 11.0 Å². The number of nitrogens with zero attached hydrogens (tertiary/aromatic N) is 2. The molecule has 1 aliphatic rings. The lowest BCUT2D eigenvalue weighted by molar-refractivity contribution is -0.151. The number of anilines is 1. The molecule has 2 aromatic carbocycles. The van der Waals surface area contributed by atoms with E-state index in [4.69, 9.17) is 11.6 Å². The van der Waals surface area contributed by atoms with Gasteiger partial charge in [-0.05, 0) is 42.0 Å². The van der Waals surface area contributed by atoms with Crippen molar-refractivity contribution in [1.29, 1.82) is 0 Å². The number of carboxylic acid groups (broad SMARTS) is 2. The number of fused-ring (bicyclic) bond motifs is 1. The van der Waals surface area contributed by atoms with Gasteiger partial charge >= 0.3 is 11.9 Å². The molecule has 0 aliphatic carbocycles. The maximum absolute atomic E-state index is 12.3. The Balaban J connectivity index is 1.84. The van der Waals surface area contributed by atoms with Crippen LogP contribution in [0.5, 0.6) is 0 Å². The highest BCUT2D eigenvalue weighted by Gasteiger charge is 2.49. The molecule has 0 bridgehead atoms. The van der Waals surface area contributed by atoms with E-state index < -0.39 is 29.9 Å². The van der Waals surface area contributed by atoms with Crippen molar-refractivity contribution in [3.8, 4) is 0 Å². The number of rotatable bonds is 8. The zero-order chi connectivity index (χ0) is 23.4. The number of hydrogen-bond donors (Lipinski definition) is 4. The number of hydrazone groups is 1. The summed E-state index contributed by atoms with van der Waals surface area (Å²) in [7, 11) is 0. The third kappa shape index (κ3) is 4.65. The van der Waals surface area contributed by atoms with Gasteiger partial charge in [0, 0.05) is 40.7 Å². The van der Waals surface area contributed by atoms with E-state index in [0.717, 1.165) is 11.1 Å². The molecule has 1 aliphatic heterocycles. The minimum Gasteiger partial charge on any atom is -0.481 e. The minimum absolute atomic E-state index is 0.486. The van der Waals surface area contributed by atoms with Gasteiger partial charge < -0.3 is 15.5 Å². The Kier molecular flexibility index (Phi) is 6.28. The Hall–Kier alpha value is -3.91. The van der Waals surface area contributed by atoms with Gasteiger partial charge in [0.25, 0.3) is 0 Å². The number of aliphatic carboxylic acids is 2. The van der Waals surface area contributed by atoms with E-state index in [1.165, 1.54) is 0 Å². The molecule has 2 heterocycles. The van der Waals surface area contributed by atoms with E-state index in [2.05, 4.69) is 20.8 Å². The molecule has 4 rings (SSSR count). The molecule has 0 radical (unpaired) electrons. The first-order chi connectivity index (χ1) is 15.9. The predicted molar refractivity (Wildman–Crippen MR) is 124 cm³/mol. The van der Waals surface area contributed by atoms with Crippen LogP contribution in [-0.2, 0) is 21.7 Å². The molecule has 0 saturated carbocycles. The molecular weight excluding hydrogens is 444 g/mol. The summed E-state index contributed by atoms with van der Waals surface area (Å²) in [5, 5.41) is 27.8. The van der Waals surface area contributed by atoms with Crippen molar-refractivity contribution >= 4 is 34.9 Å². The van der Waals surface area contributed by atoms with Crippen molar-refractivity contribution in [1.82, 2.24) is 10.4 Å². The van der Waals surface area contributed by atoms with Gasteiger partial charge in [-0.1, -0.05) is 35.9 Å². The van der Waals surface area contributed by atoms with Crippen LogP contribution in [0, 0.1) is 5.92 Å². The van der Waals surface area contributed by atoms with Crippen molar-refractivity contribution in [3.63, 3.8) is 0 Å². The quantitative estimate of drug-likeness (QED) is 0.400. The smallest absolute Gasteiger partial charge is 0.311 e. The summed E-state index contributed by atoms with van der Waals surface area (Å²) in [6.45, 7) is 0. The lowest BCUT2D eigenvalue weighted by Gasteiger charge is -2.43. The Morgan fingerprint density at radius 2 is 1.73 bits per heavy atom. The van der Waals surface area contributed by atoms with Crippen LogP contribution in [0.25, 0.3) is 0 Å². The highest BCUT2D eigenvalue weighted by atomic mass is 35.5. The van der Waals surface area contributed by atoms with Gasteiger partial charge in [-0.25, -0.2) is 0 Å². The van der Waals surface area contributed by atoms with Crippen LogP contribution in [-0.4, -0.2) is 32.8 Å². The number of nitrogens with one attached hydrogen (secondary N) is 2. The number of hydrogen-bond acceptors (Lipinski definition) is 6. The average molecular weight is 465 g/mol. The fourth-order valence-corrected chi connectivity index (χ4v) is 4.12. The molecule has 2 unspecified atom stereocenters. The molecule has 0 spiro atoms. The molecule has 3 aromatic rings. The second-order valence-electron chi connectivity index (χ2n) is 7.68. The summed E-state index contributed by atoms with van der Waals surface area (Å²) in [5.74, 6) is -3.88. The summed E-state index contributed by atoms with van der Waals surface area (Å²) in [6.07, 6.45) is 3.25. The molecule has 0 amide bonds. The van der Waals surface area contributed by atoms with Gasteiger partial charge in [0.05, 0.1) is 12.1 Å². The van der Waals surface area contributed by atoms with Gasteiger partial charge in [-0.2, -0.15) is 5.10 Å². The van der Waals surface area contributed by atoms with Crippen LogP contribution in [0.2, 0.25) is 5.02 Å². The number of carbonyl (C=O) groups is 2. The lowest BCUT2D eigenvalue weighted by atomic mass is 9.79. The SMILES string of the molecule is O=C(O)CC(C(=O)O)C1(Nc2ccc(Cl)cc2)NN=C(Cc2ccncc2)c2ccccc21. The van der Waals surface area contributed by atoms with E-state index in [9.17, 15) is 19.8 Å². The van der Waals surface area contributed by atoms with Crippen LogP contribution < -0.4 is 10.7 Å². The second-order valence-corrected chi connectivity index (χ2v) is 8.11. The fraction of sp³-hybridized carbons (Fsp3) is 0.167. The van der Waals surface area contributed by atoms with Crippen LogP contribution in [0.4, 0.5) is 5.69 Å². The zero-order valence-corrected chi connectivity index (χ0v) is 18.2. The Labute approximate surface area is 194 Å². The van der Waals surface area contributed by atoms with E-state index in [1.54, 1.807) is 48.8 Å². The van der Waals surface area contributed by atoms with E-state index in [0.29, 0.717) is 28.4 Å². The van der Waals surface area contributed by atoms with Gasteiger partial charge in [0.15, 0.2) is 5.66 Å². The topological polar surface area (TPSA) is 124 Å². The Bertz CT molecular complexity index is 1200. The largest absolute Gasteiger partial charge is 0.481 e. The Morgan fingerprint density at radius 3 is 2.39 bits per heavy atom. The Morgan fingerprint density at radius 1 is 1.03 bits per heavy atom. The fourth-order valence-electron chi connectivity index (χ4n) is 3.99. The van der Waals surface area contributed by atoms with Crippen LogP contribution in [0.15, 0.2) is 78.2 Å². The van der Waals surface area contributed by atoms with Crippen LogP contribution >= 0.6 is 11.6 Å². The summed E-state index contributed by atoms with van der Waals surface area (Å²) in [4.78, 5) is 28.0. The van der Waals surface area contributed by atoms with Gasteiger partial charge in [0.1, 0.15) is 5.92 Å². The zero-order valence-electron chi connectivity index (χ0n) is 17.4. The molecule has 168 valence electrons. The molecule has 2 atom stereocenters. The number of aromatic nitrogens is 1. The summed E-state index contributed by atoms with van der Waals surface area (Å²) < 4.78 is 0. The van der Waals surface area contributed by atoms with E-state index in [1.807, 2.05) is 24.3 Å². The predicted octanol–water partition coefficient (Wildman–Crippen LogP) is 3.73. The maximum atomic E-state index is 12.3. The second kappa shape index (κ2) is 9.30. The standard InChI is InChI=1S/C24H21ClN4O4/c25-16-5-7-17(8-6-16)27-24(20(23(32)33)14-22(30)31)19-4-2-1-3-18(19)21(28-29-24)13-15-9-11-26-12-10-15/h1-12,20,27,29H,13-14H2,(H,30,31)(H,32,33). The molecule has 4 N–H and O–H groups in total. The number of pyridine rings is 1. The van der Waals surface area contributed by atoms with Gasteiger partial charge in [-0.15, -0.1) is 0 Å². The van der Waals surface area contributed by atoms with Crippen LogP contribution in [0.3, 0.4) is 0 Å². The average Bonchev–Trinajstić information content (AvgIpc) is 2.81. The van der Waals surface area contributed by atoms with Gasteiger partial charge in [-0.3, -0.25) is 20.0 Å². The number of carboxylic acids is 2. The normalized spacial score (nSPS) is 17.8. The maximum Gasteiger partial charge on any atom is 0.311 e. The molecule has 33 heavy (non-hydrogen) atoms. The van der Waals surface area contributed by atoms with Gasteiger partial charge in [0.2, 0.25) is 0 Å². The molecule has 0 saturated heterocycles. The van der Waals surface area contributed by atoms with Crippen molar-refractivity contribution in [2.45, 2.75) is 18.5 Å². The van der Waals surface area contributed by atoms with E-state index in [-0.39, 0.29) is 0 Å².